The van der Waals surface area contributed by atoms with Crippen molar-refractivity contribution in [1.29, 1.82) is 0 Å². The van der Waals surface area contributed by atoms with Gasteiger partial charge in [-0.25, -0.2) is 0 Å². The molecule has 4 rings (SSSR count). The van der Waals surface area contributed by atoms with E-state index in [0.717, 1.165) is 55.6 Å². The molecule has 0 amide bonds. The molecule has 3 heteroatoms. The standard InChI is InChI=1S/C38H52O3/c1-5-11-32(33(6-2)36(40)22-27(4)39)23-30-24-35-34(21-16-26(3)38(35)37(41)25-30)31-19-17-29(18-20-31)15-10-14-28-12-8-7-9-13-28/h16-21,28,30,32-33H,5-15,22-25H2,1-4H3. The first-order chi connectivity index (χ1) is 19.8. The van der Waals surface area contributed by atoms with E-state index in [1.807, 2.05) is 0 Å². The molecule has 41 heavy (non-hydrogen) atoms. The van der Waals surface area contributed by atoms with E-state index >= 15 is 0 Å². The van der Waals surface area contributed by atoms with E-state index in [0.29, 0.717) is 6.42 Å². The predicted molar refractivity (Wildman–Crippen MR) is 169 cm³/mol. The first-order valence-electron chi connectivity index (χ1n) is 16.6. The van der Waals surface area contributed by atoms with Crippen molar-refractivity contribution in [3.05, 3.63) is 58.7 Å². The van der Waals surface area contributed by atoms with Crippen molar-refractivity contribution in [3.63, 3.8) is 0 Å². The highest BCUT2D eigenvalue weighted by atomic mass is 16.1. The molecule has 3 atom stereocenters. The molecule has 2 aromatic carbocycles. The minimum atomic E-state index is -0.0991. The molecule has 2 aliphatic rings. The van der Waals surface area contributed by atoms with Gasteiger partial charge in [-0.2, -0.15) is 0 Å². The van der Waals surface area contributed by atoms with Crippen molar-refractivity contribution in [1.82, 2.24) is 0 Å². The number of hydrogen-bond acceptors (Lipinski definition) is 3. The zero-order valence-electron chi connectivity index (χ0n) is 26.1. The van der Waals surface area contributed by atoms with Gasteiger partial charge in [-0.1, -0.05) is 102 Å². The summed E-state index contributed by atoms with van der Waals surface area (Å²) in [6.07, 6.45) is 15.9. The highest BCUT2D eigenvalue weighted by Crippen LogP contribution is 2.40. The molecule has 1 fully saturated rings. The van der Waals surface area contributed by atoms with Gasteiger partial charge >= 0.3 is 0 Å². The van der Waals surface area contributed by atoms with Gasteiger partial charge in [0, 0.05) is 17.9 Å². The third-order valence-corrected chi connectivity index (χ3v) is 9.98. The quantitative estimate of drug-likeness (QED) is 0.218. The number of carbonyl (C=O) groups excluding carboxylic acids is 3. The van der Waals surface area contributed by atoms with E-state index in [4.69, 9.17) is 0 Å². The molecule has 222 valence electrons. The van der Waals surface area contributed by atoms with Gasteiger partial charge in [-0.3, -0.25) is 14.4 Å². The molecule has 3 nitrogen and oxygen atoms in total. The van der Waals surface area contributed by atoms with Gasteiger partial charge in [0.05, 0.1) is 6.42 Å². The summed E-state index contributed by atoms with van der Waals surface area (Å²) in [7, 11) is 0. The Kier molecular flexibility index (Phi) is 11.5. The Balaban J connectivity index is 1.49. The predicted octanol–water partition coefficient (Wildman–Crippen LogP) is 9.69. The topological polar surface area (TPSA) is 51.2 Å². The van der Waals surface area contributed by atoms with Crippen molar-refractivity contribution in [2.45, 2.75) is 124 Å². The van der Waals surface area contributed by atoms with Crippen molar-refractivity contribution >= 4 is 17.3 Å². The Morgan fingerprint density at radius 2 is 1.66 bits per heavy atom. The van der Waals surface area contributed by atoms with Gasteiger partial charge in [0.25, 0.3) is 0 Å². The molecule has 0 saturated heterocycles. The Hall–Kier alpha value is -2.55. The molecule has 2 aliphatic carbocycles. The van der Waals surface area contributed by atoms with E-state index in [-0.39, 0.29) is 41.5 Å². The maximum Gasteiger partial charge on any atom is 0.163 e. The monoisotopic (exact) mass is 556 g/mol. The molecular formula is C38H52O3. The summed E-state index contributed by atoms with van der Waals surface area (Å²) in [5.74, 6) is 1.55. The molecule has 3 unspecified atom stereocenters. The van der Waals surface area contributed by atoms with Crippen molar-refractivity contribution in [2.75, 3.05) is 0 Å². The second-order valence-corrected chi connectivity index (χ2v) is 13.2. The highest BCUT2D eigenvalue weighted by molar-refractivity contribution is 6.02. The van der Waals surface area contributed by atoms with Crippen LogP contribution in [0.15, 0.2) is 36.4 Å². The summed E-state index contributed by atoms with van der Waals surface area (Å²) in [6, 6.07) is 13.4. The summed E-state index contributed by atoms with van der Waals surface area (Å²) in [4.78, 5) is 38.2. The summed E-state index contributed by atoms with van der Waals surface area (Å²) in [5.41, 5.74) is 6.96. The Morgan fingerprint density at radius 3 is 2.32 bits per heavy atom. The van der Waals surface area contributed by atoms with Gasteiger partial charge in [-0.15, -0.1) is 0 Å². The van der Waals surface area contributed by atoms with E-state index in [2.05, 4.69) is 57.2 Å². The lowest BCUT2D eigenvalue weighted by Gasteiger charge is -2.32. The number of carbonyl (C=O) groups is 3. The summed E-state index contributed by atoms with van der Waals surface area (Å²) in [5, 5.41) is 0. The fourth-order valence-corrected chi connectivity index (χ4v) is 7.93. The van der Waals surface area contributed by atoms with Crippen LogP contribution in [0.4, 0.5) is 0 Å². The zero-order chi connectivity index (χ0) is 29.4. The van der Waals surface area contributed by atoms with Crippen LogP contribution in [0.5, 0.6) is 0 Å². The average Bonchev–Trinajstić information content (AvgIpc) is 2.94. The van der Waals surface area contributed by atoms with Gasteiger partial charge in [0.15, 0.2) is 5.78 Å². The van der Waals surface area contributed by atoms with Crippen molar-refractivity contribution in [3.8, 4) is 11.1 Å². The number of hydrogen-bond donors (Lipinski definition) is 0. The van der Waals surface area contributed by atoms with Crippen molar-refractivity contribution < 1.29 is 14.4 Å². The Labute approximate surface area is 248 Å². The number of aryl methyl sites for hydroxylation is 2. The minimum Gasteiger partial charge on any atom is -0.300 e. The third-order valence-electron chi connectivity index (χ3n) is 9.98. The van der Waals surface area contributed by atoms with Crippen LogP contribution in [0.2, 0.25) is 0 Å². The third kappa shape index (κ3) is 8.27. The summed E-state index contributed by atoms with van der Waals surface area (Å²) >= 11 is 0. The fraction of sp³-hybridized carbons (Fsp3) is 0.605. The van der Waals surface area contributed by atoms with Crippen LogP contribution in [0.25, 0.3) is 11.1 Å². The summed E-state index contributed by atoms with van der Waals surface area (Å²) in [6.45, 7) is 7.79. The van der Waals surface area contributed by atoms with Crippen LogP contribution >= 0.6 is 0 Å². The molecule has 0 aromatic heterocycles. The van der Waals surface area contributed by atoms with Crippen LogP contribution in [-0.4, -0.2) is 17.3 Å². The maximum absolute atomic E-state index is 13.5. The molecule has 2 aromatic rings. The van der Waals surface area contributed by atoms with Crippen LogP contribution in [-0.2, 0) is 22.4 Å². The Bertz CT molecular complexity index is 1180. The fourth-order valence-electron chi connectivity index (χ4n) is 7.93. The van der Waals surface area contributed by atoms with E-state index < -0.39 is 0 Å². The normalized spacial score (nSPS) is 19.0. The average molecular weight is 557 g/mol. The van der Waals surface area contributed by atoms with Crippen molar-refractivity contribution in [2.24, 2.45) is 23.7 Å². The van der Waals surface area contributed by atoms with Crippen LogP contribution in [0.3, 0.4) is 0 Å². The van der Waals surface area contributed by atoms with Gasteiger partial charge in [0.2, 0.25) is 0 Å². The van der Waals surface area contributed by atoms with E-state index in [1.54, 1.807) is 0 Å². The second-order valence-electron chi connectivity index (χ2n) is 13.2. The molecule has 1 saturated carbocycles. The minimum absolute atomic E-state index is 0.0328. The molecule has 0 heterocycles. The molecule has 0 radical (unpaired) electrons. The van der Waals surface area contributed by atoms with Crippen LogP contribution in [0.1, 0.15) is 131 Å². The second kappa shape index (κ2) is 15.1. The number of ketones is 3. The molecule has 0 spiro atoms. The van der Waals surface area contributed by atoms with E-state index in [9.17, 15) is 14.4 Å². The van der Waals surface area contributed by atoms with Gasteiger partial charge < -0.3 is 0 Å². The molecule has 0 aliphatic heterocycles. The van der Waals surface area contributed by atoms with E-state index in [1.165, 1.54) is 74.1 Å². The SMILES string of the molecule is CCCC(CC1CC(=O)c2c(C)ccc(-c3ccc(CCCC4CCCCC4)cc3)c2C1)C(CC)C(=O)CC(C)=O. The summed E-state index contributed by atoms with van der Waals surface area (Å²) < 4.78 is 0. The Morgan fingerprint density at radius 1 is 0.927 bits per heavy atom. The number of rotatable bonds is 14. The lowest BCUT2D eigenvalue weighted by atomic mass is 9.71. The molecular weight excluding hydrogens is 504 g/mol. The number of Topliss-reactive ketones (excluding diaryl/α,β-unsaturated/α-hetero) is 3. The molecule has 0 bridgehead atoms. The smallest absolute Gasteiger partial charge is 0.163 e. The first-order valence-corrected chi connectivity index (χ1v) is 16.6. The van der Waals surface area contributed by atoms with Crippen LogP contribution < -0.4 is 0 Å². The largest absolute Gasteiger partial charge is 0.300 e. The lowest BCUT2D eigenvalue weighted by molar-refractivity contribution is -0.129. The number of benzene rings is 2. The van der Waals surface area contributed by atoms with Crippen LogP contribution in [0, 0.1) is 30.6 Å². The lowest BCUT2D eigenvalue weighted by Crippen LogP contribution is -2.30. The zero-order valence-corrected chi connectivity index (χ0v) is 26.1. The first kappa shape index (κ1) is 31.4. The highest BCUT2D eigenvalue weighted by Gasteiger charge is 2.34. The maximum atomic E-state index is 13.5. The van der Waals surface area contributed by atoms with Gasteiger partial charge in [-0.05, 0) is 91.5 Å². The number of fused-ring (bicyclic) bond motifs is 1. The van der Waals surface area contributed by atoms with Gasteiger partial charge in [0.1, 0.15) is 11.6 Å². The molecule has 0 N–H and O–H groups in total.